The molecule has 0 radical (unpaired) electrons. The molecule has 1 aliphatic heterocycles. The summed E-state index contributed by atoms with van der Waals surface area (Å²) in [6, 6.07) is 13.2. The van der Waals surface area contributed by atoms with Crippen LogP contribution in [-0.4, -0.2) is 29.1 Å². The molecular weight excluding hydrogens is 298 g/mol. The quantitative estimate of drug-likeness (QED) is 0.851. The van der Waals surface area contributed by atoms with Crippen molar-refractivity contribution in [3.8, 4) is 0 Å². The molecule has 0 bridgehead atoms. The summed E-state index contributed by atoms with van der Waals surface area (Å²) in [6.45, 7) is 5.40. The molecule has 1 saturated heterocycles. The molecule has 3 heteroatoms. The monoisotopic (exact) mass is 325 g/mol. The zero-order valence-corrected chi connectivity index (χ0v) is 14.5. The Morgan fingerprint density at radius 2 is 1.92 bits per heavy atom. The van der Waals surface area contributed by atoms with Crippen LogP contribution in [0.1, 0.15) is 43.7 Å². The first-order chi connectivity index (χ1) is 11.7. The number of carboxylic acids is 1. The largest absolute Gasteiger partial charge is 0.481 e. The van der Waals surface area contributed by atoms with Crippen LogP contribution in [0.15, 0.2) is 36.4 Å². The third-order valence-electron chi connectivity index (χ3n) is 5.37. The van der Waals surface area contributed by atoms with E-state index < -0.39 is 5.97 Å². The highest BCUT2D eigenvalue weighted by Gasteiger charge is 2.21. The molecule has 128 valence electrons. The van der Waals surface area contributed by atoms with Crippen LogP contribution in [0.5, 0.6) is 0 Å². The maximum Gasteiger partial charge on any atom is 0.303 e. The molecule has 1 N–H and O–H groups in total. The standard InChI is InChI=1S/C21H27NO2/c1-2-17-8-9-18-5-3-4-6-19(18)20(17)15-22-13-11-16(12-14-22)7-10-21(23)24/h3-6,8-9,16H,2,7,10-15H2,1H3,(H,23,24). The van der Waals surface area contributed by atoms with E-state index in [1.54, 1.807) is 0 Å². The van der Waals surface area contributed by atoms with Crippen LogP contribution >= 0.6 is 0 Å². The summed E-state index contributed by atoms with van der Waals surface area (Å²) in [4.78, 5) is 13.3. The Labute approximate surface area is 144 Å². The molecule has 1 fully saturated rings. The molecule has 0 saturated carbocycles. The molecule has 1 heterocycles. The van der Waals surface area contributed by atoms with Gasteiger partial charge in [0.2, 0.25) is 0 Å². The van der Waals surface area contributed by atoms with Gasteiger partial charge in [-0.1, -0.05) is 43.3 Å². The molecular formula is C21H27NO2. The smallest absolute Gasteiger partial charge is 0.303 e. The van der Waals surface area contributed by atoms with Gasteiger partial charge in [0.05, 0.1) is 0 Å². The highest BCUT2D eigenvalue weighted by Crippen LogP contribution is 2.27. The lowest BCUT2D eigenvalue weighted by Gasteiger charge is -2.32. The number of hydrogen-bond donors (Lipinski definition) is 1. The van der Waals surface area contributed by atoms with E-state index in [4.69, 9.17) is 5.11 Å². The Kier molecular flexibility index (Phi) is 5.52. The molecule has 2 aromatic carbocycles. The molecule has 0 aromatic heterocycles. The minimum absolute atomic E-state index is 0.313. The predicted molar refractivity (Wildman–Crippen MR) is 98.2 cm³/mol. The van der Waals surface area contributed by atoms with Gasteiger partial charge in [-0.3, -0.25) is 9.69 Å². The Bertz CT molecular complexity index is 702. The number of piperidine rings is 1. The molecule has 3 nitrogen and oxygen atoms in total. The number of nitrogens with zero attached hydrogens (tertiary/aromatic N) is 1. The number of aliphatic carboxylic acids is 1. The van der Waals surface area contributed by atoms with Crippen molar-refractivity contribution in [2.45, 2.75) is 45.6 Å². The maximum atomic E-state index is 10.7. The first-order valence-electron chi connectivity index (χ1n) is 9.11. The second kappa shape index (κ2) is 7.80. The van der Waals surface area contributed by atoms with Crippen molar-refractivity contribution >= 4 is 16.7 Å². The fourth-order valence-electron chi connectivity index (χ4n) is 3.88. The van der Waals surface area contributed by atoms with Gasteiger partial charge in [-0.2, -0.15) is 0 Å². The summed E-state index contributed by atoms with van der Waals surface area (Å²) < 4.78 is 0. The van der Waals surface area contributed by atoms with Crippen LogP contribution in [0, 0.1) is 5.92 Å². The van der Waals surface area contributed by atoms with Crippen molar-refractivity contribution in [3.05, 3.63) is 47.5 Å². The van der Waals surface area contributed by atoms with E-state index in [2.05, 4.69) is 48.2 Å². The first kappa shape index (κ1) is 17.0. The highest BCUT2D eigenvalue weighted by atomic mass is 16.4. The van der Waals surface area contributed by atoms with Gasteiger partial charge < -0.3 is 5.11 Å². The SMILES string of the molecule is CCc1ccc2ccccc2c1CN1CCC(CCC(=O)O)CC1. The predicted octanol–water partition coefficient (Wildman–Crippen LogP) is 4.48. The van der Waals surface area contributed by atoms with Crippen LogP contribution in [0.25, 0.3) is 10.8 Å². The van der Waals surface area contributed by atoms with E-state index in [1.165, 1.54) is 21.9 Å². The normalized spacial score (nSPS) is 16.5. The molecule has 2 aromatic rings. The van der Waals surface area contributed by atoms with Crippen molar-refractivity contribution < 1.29 is 9.90 Å². The van der Waals surface area contributed by atoms with Crippen molar-refractivity contribution in [1.82, 2.24) is 4.90 Å². The summed E-state index contributed by atoms with van der Waals surface area (Å²) in [5.41, 5.74) is 2.92. The minimum atomic E-state index is -0.666. The van der Waals surface area contributed by atoms with Crippen LogP contribution in [-0.2, 0) is 17.8 Å². The lowest BCUT2D eigenvalue weighted by atomic mass is 9.91. The molecule has 0 spiro atoms. The van der Waals surface area contributed by atoms with E-state index >= 15 is 0 Å². The van der Waals surface area contributed by atoms with Gasteiger partial charge in [-0.05, 0) is 66.6 Å². The van der Waals surface area contributed by atoms with Crippen LogP contribution in [0.3, 0.4) is 0 Å². The van der Waals surface area contributed by atoms with Crippen LogP contribution in [0.4, 0.5) is 0 Å². The van der Waals surface area contributed by atoms with Crippen LogP contribution in [0.2, 0.25) is 0 Å². The van der Waals surface area contributed by atoms with Gasteiger partial charge in [0.25, 0.3) is 0 Å². The molecule has 3 rings (SSSR count). The van der Waals surface area contributed by atoms with Gasteiger partial charge in [0, 0.05) is 13.0 Å². The average Bonchev–Trinajstić information content (AvgIpc) is 2.61. The lowest BCUT2D eigenvalue weighted by molar-refractivity contribution is -0.137. The van der Waals surface area contributed by atoms with Crippen LogP contribution < -0.4 is 0 Å². The van der Waals surface area contributed by atoms with Crippen molar-refractivity contribution in [3.63, 3.8) is 0 Å². The maximum absolute atomic E-state index is 10.7. The number of carbonyl (C=O) groups is 1. The molecule has 0 amide bonds. The van der Waals surface area contributed by atoms with E-state index in [0.29, 0.717) is 12.3 Å². The second-order valence-corrected chi connectivity index (χ2v) is 6.93. The summed E-state index contributed by atoms with van der Waals surface area (Å²) in [5, 5.41) is 11.5. The lowest BCUT2D eigenvalue weighted by Crippen LogP contribution is -2.33. The number of rotatable bonds is 6. The molecule has 1 aliphatic rings. The Morgan fingerprint density at radius 1 is 1.17 bits per heavy atom. The molecule has 0 atom stereocenters. The Morgan fingerprint density at radius 3 is 2.62 bits per heavy atom. The summed E-state index contributed by atoms with van der Waals surface area (Å²) in [5.74, 6) is -0.0868. The van der Waals surface area contributed by atoms with Gasteiger partial charge in [0.1, 0.15) is 0 Å². The molecule has 0 unspecified atom stereocenters. The fraction of sp³-hybridized carbons (Fsp3) is 0.476. The fourth-order valence-corrected chi connectivity index (χ4v) is 3.88. The highest BCUT2D eigenvalue weighted by molar-refractivity contribution is 5.86. The first-order valence-corrected chi connectivity index (χ1v) is 9.11. The number of fused-ring (bicyclic) bond motifs is 1. The van der Waals surface area contributed by atoms with Gasteiger partial charge in [-0.25, -0.2) is 0 Å². The number of aryl methyl sites for hydroxylation is 1. The molecule has 24 heavy (non-hydrogen) atoms. The van der Waals surface area contributed by atoms with Crippen molar-refractivity contribution in [1.29, 1.82) is 0 Å². The third-order valence-corrected chi connectivity index (χ3v) is 5.37. The number of likely N-dealkylation sites (tertiary alicyclic amines) is 1. The zero-order chi connectivity index (χ0) is 16.9. The van der Waals surface area contributed by atoms with Gasteiger partial charge in [0.15, 0.2) is 0 Å². The van der Waals surface area contributed by atoms with Gasteiger partial charge >= 0.3 is 5.97 Å². The summed E-state index contributed by atoms with van der Waals surface area (Å²) in [6.07, 6.45) is 4.46. The number of hydrogen-bond acceptors (Lipinski definition) is 2. The topological polar surface area (TPSA) is 40.5 Å². The van der Waals surface area contributed by atoms with Crippen molar-refractivity contribution in [2.24, 2.45) is 5.92 Å². The number of benzene rings is 2. The Hall–Kier alpha value is -1.87. The summed E-state index contributed by atoms with van der Waals surface area (Å²) >= 11 is 0. The van der Waals surface area contributed by atoms with Crippen molar-refractivity contribution in [2.75, 3.05) is 13.1 Å². The minimum Gasteiger partial charge on any atom is -0.481 e. The van der Waals surface area contributed by atoms with E-state index in [-0.39, 0.29) is 0 Å². The van der Waals surface area contributed by atoms with Gasteiger partial charge in [-0.15, -0.1) is 0 Å². The third kappa shape index (κ3) is 3.96. The van der Waals surface area contributed by atoms with E-state index in [9.17, 15) is 4.79 Å². The zero-order valence-electron chi connectivity index (χ0n) is 14.5. The van der Waals surface area contributed by atoms with E-state index in [1.807, 2.05) is 0 Å². The second-order valence-electron chi connectivity index (χ2n) is 6.93. The Balaban J connectivity index is 1.69. The summed E-state index contributed by atoms with van der Waals surface area (Å²) in [7, 11) is 0. The van der Waals surface area contributed by atoms with E-state index in [0.717, 1.165) is 45.3 Å². The average molecular weight is 325 g/mol. The number of carboxylic acid groups (broad SMARTS) is 1. The molecule has 0 aliphatic carbocycles.